The number of aliphatic hydroxyl groups excluding tert-OH is 1. The van der Waals surface area contributed by atoms with Crippen LogP contribution < -0.4 is 10.6 Å². The maximum absolute atomic E-state index is 11.9. The highest BCUT2D eigenvalue weighted by Gasteiger charge is 2.05. The molecule has 110 valence electrons. The first-order valence-corrected chi connectivity index (χ1v) is 7.37. The third-order valence-electron chi connectivity index (χ3n) is 3.08. The summed E-state index contributed by atoms with van der Waals surface area (Å²) in [5.74, 6) is 0. The molecule has 2 amide bonds. The van der Waals surface area contributed by atoms with Crippen molar-refractivity contribution in [3.05, 3.63) is 58.1 Å². The van der Waals surface area contributed by atoms with Crippen LogP contribution >= 0.6 is 15.9 Å². The Labute approximate surface area is 132 Å². The van der Waals surface area contributed by atoms with Crippen molar-refractivity contribution in [1.29, 1.82) is 0 Å². The van der Waals surface area contributed by atoms with Crippen molar-refractivity contribution < 1.29 is 9.90 Å². The van der Waals surface area contributed by atoms with Crippen molar-refractivity contribution in [1.82, 2.24) is 0 Å². The van der Waals surface area contributed by atoms with E-state index >= 15 is 0 Å². The first kappa shape index (κ1) is 15.5. The Balaban J connectivity index is 1.99. The van der Waals surface area contributed by atoms with Gasteiger partial charge in [0.15, 0.2) is 0 Å². The Kier molecular flexibility index (Phi) is 4.98. The average Bonchev–Trinajstić information content (AvgIpc) is 2.43. The van der Waals surface area contributed by atoms with E-state index in [0.29, 0.717) is 11.4 Å². The molecule has 0 spiro atoms. The largest absolute Gasteiger partial charge is 0.389 e. The van der Waals surface area contributed by atoms with Crippen LogP contribution in [0.15, 0.2) is 46.9 Å². The number of hydrogen-bond acceptors (Lipinski definition) is 2. The Morgan fingerprint density at radius 1 is 1.10 bits per heavy atom. The number of hydrogen-bond donors (Lipinski definition) is 3. The summed E-state index contributed by atoms with van der Waals surface area (Å²) in [5, 5.41) is 14.9. The number of aliphatic hydroxyl groups is 1. The monoisotopic (exact) mass is 348 g/mol. The molecule has 0 aliphatic rings. The third kappa shape index (κ3) is 4.31. The lowest BCUT2D eigenvalue weighted by molar-refractivity contribution is 0.199. The van der Waals surface area contributed by atoms with Crippen molar-refractivity contribution in [3.8, 4) is 0 Å². The SMILES string of the molecule is Cc1ccc(NC(=O)Nc2ccc(C(C)O)cc2)cc1Br. The second kappa shape index (κ2) is 6.74. The molecule has 0 bridgehead atoms. The molecule has 0 saturated carbocycles. The molecule has 2 aromatic rings. The zero-order chi connectivity index (χ0) is 15.4. The molecule has 0 aliphatic heterocycles. The standard InChI is InChI=1S/C16H17BrN2O2/c1-10-3-6-14(9-15(10)17)19-16(21)18-13-7-4-12(5-8-13)11(2)20/h3-9,11,20H,1-2H3,(H2,18,19,21). The van der Waals surface area contributed by atoms with Crippen LogP contribution in [0.25, 0.3) is 0 Å². The van der Waals surface area contributed by atoms with Gasteiger partial charge in [0.25, 0.3) is 0 Å². The predicted molar refractivity (Wildman–Crippen MR) is 88.6 cm³/mol. The molecule has 21 heavy (non-hydrogen) atoms. The summed E-state index contributed by atoms with van der Waals surface area (Å²) in [4.78, 5) is 11.9. The van der Waals surface area contributed by atoms with E-state index in [1.54, 1.807) is 31.2 Å². The second-order valence-electron chi connectivity index (χ2n) is 4.84. The van der Waals surface area contributed by atoms with Crippen LogP contribution in [0.2, 0.25) is 0 Å². The van der Waals surface area contributed by atoms with E-state index in [9.17, 15) is 9.90 Å². The number of carbonyl (C=O) groups excluding carboxylic acids is 1. The number of halogens is 1. The minimum absolute atomic E-state index is 0.310. The fraction of sp³-hybridized carbons (Fsp3) is 0.188. The van der Waals surface area contributed by atoms with Crippen LogP contribution in [0.5, 0.6) is 0 Å². The number of benzene rings is 2. The van der Waals surface area contributed by atoms with Gasteiger partial charge in [0.05, 0.1) is 6.10 Å². The van der Waals surface area contributed by atoms with E-state index < -0.39 is 6.10 Å². The average molecular weight is 349 g/mol. The highest BCUT2D eigenvalue weighted by atomic mass is 79.9. The topological polar surface area (TPSA) is 61.4 Å². The number of rotatable bonds is 3. The van der Waals surface area contributed by atoms with Crippen molar-refractivity contribution in [2.45, 2.75) is 20.0 Å². The molecule has 2 aromatic carbocycles. The number of aryl methyl sites for hydroxylation is 1. The normalized spacial score (nSPS) is 11.8. The lowest BCUT2D eigenvalue weighted by Gasteiger charge is -2.10. The van der Waals surface area contributed by atoms with Crippen LogP contribution in [0.1, 0.15) is 24.2 Å². The summed E-state index contributed by atoms with van der Waals surface area (Å²) in [7, 11) is 0. The van der Waals surface area contributed by atoms with Gasteiger partial charge >= 0.3 is 6.03 Å². The van der Waals surface area contributed by atoms with E-state index in [4.69, 9.17) is 0 Å². The number of carbonyl (C=O) groups is 1. The molecule has 4 nitrogen and oxygen atoms in total. The summed E-state index contributed by atoms with van der Waals surface area (Å²) < 4.78 is 0.946. The van der Waals surface area contributed by atoms with Gasteiger partial charge in [-0.3, -0.25) is 0 Å². The second-order valence-corrected chi connectivity index (χ2v) is 5.70. The Bertz CT molecular complexity index is 639. The van der Waals surface area contributed by atoms with Crippen molar-refractivity contribution in [3.63, 3.8) is 0 Å². The maximum Gasteiger partial charge on any atom is 0.323 e. The lowest BCUT2D eigenvalue weighted by atomic mass is 10.1. The minimum atomic E-state index is -0.516. The first-order valence-electron chi connectivity index (χ1n) is 6.58. The zero-order valence-corrected chi connectivity index (χ0v) is 13.4. The molecule has 0 aliphatic carbocycles. The molecule has 2 rings (SSSR count). The van der Waals surface area contributed by atoms with Gasteiger partial charge in [-0.1, -0.05) is 34.1 Å². The summed E-state index contributed by atoms with van der Waals surface area (Å²) in [6.45, 7) is 3.68. The molecule has 0 heterocycles. The van der Waals surface area contributed by atoms with Gasteiger partial charge in [0, 0.05) is 15.8 Å². The van der Waals surface area contributed by atoms with Crippen LogP contribution in [0.3, 0.4) is 0 Å². The fourth-order valence-electron chi connectivity index (χ4n) is 1.81. The first-order chi connectivity index (χ1) is 9.95. The van der Waals surface area contributed by atoms with E-state index in [1.165, 1.54) is 0 Å². The summed E-state index contributed by atoms with van der Waals surface area (Å²) in [6.07, 6.45) is -0.516. The quantitative estimate of drug-likeness (QED) is 0.766. The Morgan fingerprint density at radius 2 is 1.67 bits per heavy atom. The molecule has 1 unspecified atom stereocenters. The molecule has 3 N–H and O–H groups in total. The van der Waals surface area contributed by atoms with E-state index in [0.717, 1.165) is 15.6 Å². The Hall–Kier alpha value is -1.85. The number of anilines is 2. The summed E-state index contributed by atoms with van der Waals surface area (Å²) >= 11 is 3.43. The maximum atomic E-state index is 11.9. The minimum Gasteiger partial charge on any atom is -0.389 e. The van der Waals surface area contributed by atoms with Gasteiger partial charge in [0.1, 0.15) is 0 Å². The highest BCUT2D eigenvalue weighted by molar-refractivity contribution is 9.10. The summed E-state index contributed by atoms with van der Waals surface area (Å²) in [6, 6.07) is 12.4. The molecule has 0 saturated heterocycles. The van der Waals surface area contributed by atoms with Crippen molar-refractivity contribution in [2.75, 3.05) is 10.6 Å². The van der Waals surface area contributed by atoms with Gasteiger partial charge in [-0.2, -0.15) is 0 Å². The van der Waals surface area contributed by atoms with Crippen LogP contribution in [-0.2, 0) is 0 Å². The van der Waals surface area contributed by atoms with E-state index in [1.807, 2.05) is 25.1 Å². The van der Waals surface area contributed by atoms with E-state index in [-0.39, 0.29) is 6.03 Å². The molecule has 0 fully saturated rings. The highest BCUT2D eigenvalue weighted by Crippen LogP contribution is 2.21. The zero-order valence-electron chi connectivity index (χ0n) is 11.9. The lowest BCUT2D eigenvalue weighted by Crippen LogP contribution is -2.19. The van der Waals surface area contributed by atoms with Gasteiger partial charge in [-0.15, -0.1) is 0 Å². The van der Waals surface area contributed by atoms with Crippen molar-refractivity contribution in [2.24, 2.45) is 0 Å². The van der Waals surface area contributed by atoms with Crippen LogP contribution in [0, 0.1) is 6.92 Å². The van der Waals surface area contributed by atoms with Crippen LogP contribution in [0.4, 0.5) is 16.2 Å². The van der Waals surface area contributed by atoms with Gasteiger partial charge in [0.2, 0.25) is 0 Å². The van der Waals surface area contributed by atoms with Gasteiger partial charge < -0.3 is 15.7 Å². The third-order valence-corrected chi connectivity index (χ3v) is 3.93. The molecule has 0 aromatic heterocycles. The number of urea groups is 1. The number of nitrogens with one attached hydrogen (secondary N) is 2. The Morgan fingerprint density at radius 3 is 2.24 bits per heavy atom. The van der Waals surface area contributed by atoms with E-state index in [2.05, 4.69) is 26.6 Å². The molecule has 0 radical (unpaired) electrons. The van der Waals surface area contributed by atoms with Crippen molar-refractivity contribution >= 4 is 33.3 Å². The molecule has 5 heteroatoms. The summed E-state index contributed by atoms with van der Waals surface area (Å²) in [5.41, 5.74) is 3.30. The predicted octanol–water partition coefficient (Wildman–Crippen LogP) is 4.45. The fourth-order valence-corrected chi connectivity index (χ4v) is 2.19. The molecular weight excluding hydrogens is 332 g/mol. The molecular formula is C16H17BrN2O2. The number of amides is 2. The molecule has 1 atom stereocenters. The van der Waals surface area contributed by atoms with Crippen LogP contribution in [-0.4, -0.2) is 11.1 Å². The smallest absolute Gasteiger partial charge is 0.323 e. The van der Waals surface area contributed by atoms with Gasteiger partial charge in [-0.05, 0) is 49.2 Å². The van der Waals surface area contributed by atoms with Gasteiger partial charge in [-0.25, -0.2) is 4.79 Å².